The van der Waals surface area contributed by atoms with Crippen molar-refractivity contribution in [2.75, 3.05) is 13.2 Å². The van der Waals surface area contributed by atoms with E-state index in [2.05, 4.69) is 21.1 Å². The van der Waals surface area contributed by atoms with Gasteiger partial charge in [0.25, 0.3) is 0 Å². The topological polar surface area (TPSA) is 61.8 Å². The minimum atomic E-state index is -0.920. The lowest BCUT2D eigenvalue weighted by atomic mass is 10.3. The Labute approximate surface area is 82.6 Å². The molecule has 0 aromatic carbocycles. The maximum Gasteiger partial charge on any atom is 0.379 e. The molecule has 5 nitrogen and oxygen atoms in total. The molecular weight excluding hydrogens is 188 g/mol. The molecule has 0 unspecified atom stereocenters. The molecule has 5 heteroatoms. The fourth-order valence-electron chi connectivity index (χ4n) is 0.530. The van der Waals surface area contributed by atoms with Crippen molar-refractivity contribution in [3.63, 3.8) is 0 Å². The highest BCUT2D eigenvalue weighted by Gasteiger charge is 2.19. The van der Waals surface area contributed by atoms with Crippen molar-refractivity contribution in [2.45, 2.75) is 20.3 Å². The highest BCUT2D eigenvalue weighted by Crippen LogP contribution is 1.99. The van der Waals surface area contributed by atoms with Crippen LogP contribution < -0.4 is 0 Å². The first-order chi connectivity index (χ1) is 6.63. The molecule has 0 saturated carbocycles. The van der Waals surface area contributed by atoms with Crippen LogP contribution >= 0.6 is 0 Å². The highest BCUT2D eigenvalue weighted by molar-refractivity contribution is 6.13. The molecule has 0 radical (unpaired) electrons. The van der Waals surface area contributed by atoms with Gasteiger partial charge in [0, 0.05) is 0 Å². The number of rotatable bonds is 6. The van der Waals surface area contributed by atoms with Gasteiger partial charge in [0.15, 0.2) is 0 Å². The van der Waals surface area contributed by atoms with Crippen molar-refractivity contribution < 1.29 is 24.1 Å². The molecule has 0 atom stereocenters. The van der Waals surface area contributed by atoms with Crippen molar-refractivity contribution in [3.05, 3.63) is 12.2 Å². The molecule has 0 aromatic rings. The number of esters is 1. The van der Waals surface area contributed by atoms with E-state index in [1.54, 1.807) is 6.92 Å². The van der Waals surface area contributed by atoms with Crippen LogP contribution in [0.15, 0.2) is 12.2 Å². The number of hydrogen-bond donors (Lipinski definition) is 0. The van der Waals surface area contributed by atoms with Crippen LogP contribution in [0.4, 0.5) is 0 Å². The van der Waals surface area contributed by atoms with E-state index < -0.39 is 11.9 Å². The number of carbonyl (C=O) groups excluding carboxylic acids is 2. The van der Waals surface area contributed by atoms with Crippen LogP contribution in [0.25, 0.3) is 0 Å². The summed E-state index contributed by atoms with van der Waals surface area (Å²) in [7, 11) is 0. The lowest BCUT2D eigenvalue weighted by molar-refractivity contribution is -0.268. The molecule has 0 aromatic heterocycles. The minimum absolute atomic E-state index is 0.181. The molecule has 0 N–H and O–H groups in total. The van der Waals surface area contributed by atoms with Crippen molar-refractivity contribution in [2.24, 2.45) is 0 Å². The Morgan fingerprint density at radius 2 is 1.86 bits per heavy atom. The van der Waals surface area contributed by atoms with E-state index in [1.165, 1.54) is 0 Å². The van der Waals surface area contributed by atoms with Crippen molar-refractivity contribution in [3.8, 4) is 0 Å². The van der Waals surface area contributed by atoms with Crippen LogP contribution in [0.3, 0.4) is 0 Å². The van der Waals surface area contributed by atoms with Crippen molar-refractivity contribution in [1.82, 2.24) is 0 Å². The Morgan fingerprint density at radius 3 is 2.36 bits per heavy atom. The smallest absolute Gasteiger partial charge is 0.379 e. The zero-order chi connectivity index (χ0) is 11.0. The van der Waals surface area contributed by atoms with Crippen LogP contribution in [-0.2, 0) is 24.1 Å². The minimum Gasteiger partial charge on any atom is -0.462 e. The van der Waals surface area contributed by atoms with Gasteiger partial charge in [-0.05, 0) is 13.3 Å². The molecule has 0 rings (SSSR count). The van der Waals surface area contributed by atoms with Crippen LogP contribution in [0.1, 0.15) is 20.3 Å². The molecule has 0 aliphatic rings. The van der Waals surface area contributed by atoms with Gasteiger partial charge in [-0.15, -0.1) is 0 Å². The molecule has 14 heavy (non-hydrogen) atoms. The van der Waals surface area contributed by atoms with Crippen LogP contribution in [0.2, 0.25) is 0 Å². The van der Waals surface area contributed by atoms with Crippen LogP contribution in [0, 0.1) is 0 Å². The Hall–Kier alpha value is -1.36. The Morgan fingerprint density at radius 1 is 1.21 bits per heavy atom. The summed E-state index contributed by atoms with van der Waals surface area (Å²) in [6, 6.07) is 0. The van der Waals surface area contributed by atoms with Gasteiger partial charge in [0.05, 0.1) is 13.2 Å². The van der Waals surface area contributed by atoms with Gasteiger partial charge < -0.3 is 4.74 Å². The van der Waals surface area contributed by atoms with E-state index in [0.717, 1.165) is 0 Å². The first-order valence-corrected chi connectivity index (χ1v) is 4.33. The number of carbonyl (C=O) groups is 2. The largest absolute Gasteiger partial charge is 0.462 e. The molecule has 0 aliphatic heterocycles. The number of ether oxygens (including phenoxy) is 1. The third kappa shape index (κ3) is 4.61. The zero-order valence-electron chi connectivity index (χ0n) is 8.37. The normalized spacial score (nSPS) is 9.29. The van der Waals surface area contributed by atoms with Gasteiger partial charge in [-0.2, -0.15) is 4.89 Å². The maximum atomic E-state index is 11.0. The summed E-state index contributed by atoms with van der Waals surface area (Å²) in [6.45, 7) is 7.17. The zero-order valence-corrected chi connectivity index (χ0v) is 8.37. The van der Waals surface area contributed by atoms with E-state index in [-0.39, 0.29) is 18.8 Å². The molecule has 0 bridgehead atoms. The second-order valence-electron chi connectivity index (χ2n) is 2.39. The standard InChI is InChI=1S/C9H14O5/c1-4-6-13-14-9(11)7(3)8(10)12-5-2/h3-6H2,1-2H3. The maximum absolute atomic E-state index is 11.0. The van der Waals surface area contributed by atoms with E-state index in [0.29, 0.717) is 6.42 Å². The van der Waals surface area contributed by atoms with Gasteiger partial charge >= 0.3 is 11.9 Å². The summed E-state index contributed by atoms with van der Waals surface area (Å²) in [6.07, 6.45) is 0.708. The molecule has 0 heterocycles. The summed E-state index contributed by atoms with van der Waals surface area (Å²) in [5.41, 5.74) is -0.372. The van der Waals surface area contributed by atoms with Crippen LogP contribution in [0.5, 0.6) is 0 Å². The third-order valence-corrected chi connectivity index (χ3v) is 1.19. The fraction of sp³-hybridized carbons (Fsp3) is 0.556. The van der Waals surface area contributed by atoms with Crippen molar-refractivity contribution >= 4 is 11.9 Å². The molecule has 80 valence electrons. The first kappa shape index (κ1) is 12.6. The summed E-state index contributed by atoms with van der Waals surface area (Å²) in [5.74, 6) is -1.71. The molecule has 0 fully saturated rings. The number of hydrogen-bond acceptors (Lipinski definition) is 5. The second kappa shape index (κ2) is 7.08. The van der Waals surface area contributed by atoms with Crippen molar-refractivity contribution in [1.29, 1.82) is 0 Å². The third-order valence-electron chi connectivity index (χ3n) is 1.19. The summed E-state index contributed by atoms with van der Waals surface area (Å²) in [5, 5.41) is 0. The Bertz CT molecular complexity index is 221. The quantitative estimate of drug-likeness (QED) is 0.122. The predicted molar refractivity (Wildman–Crippen MR) is 48.1 cm³/mol. The Balaban J connectivity index is 3.87. The van der Waals surface area contributed by atoms with Gasteiger partial charge in [-0.3, -0.25) is 4.89 Å². The Kier molecular flexibility index (Phi) is 6.39. The molecule has 0 spiro atoms. The molecular formula is C9H14O5. The highest BCUT2D eigenvalue weighted by atomic mass is 17.2. The van der Waals surface area contributed by atoms with Gasteiger partial charge in [-0.25, -0.2) is 9.59 Å². The van der Waals surface area contributed by atoms with Gasteiger partial charge in [-0.1, -0.05) is 13.5 Å². The van der Waals surface area contributed by atoms with E-state index in [9.17, 15) is 9.59 Å². The van der Waals surface area contributed by atoms with E-state index in [1.807, 2.05) is 6.92 Å². The van der Waals surface area contributed by atoms with Crippen LogP contribution in [-0.4, -0.2) is 25.2 Å². The monoisotopic (exact) mass is 202 g/mol. The fourth-order valence-corrected chi connectivity index (χ4v) is 0.530. The first-order valence-electron chi connectivity index (χ1n) is 4.33. The SMILES string of the molecule is C=C(C(=O)OCC)C(=O)OOCCC. The average molecular weight is 202 g/mol. The summed E-state index contributed by atoms with van der Waals surface area (Å²) in [4.78, 5) is 30.7. The molecule has 0 saturated heterocycles. The lowest BCUT2D eigenvalue weighted by Crippen LogP contribution is -2.17. The van der Waals surface area contributed by atoms with E-state index >= 15 is 0 Å². The molecule has 0 amide bonds. The lowest BCUT2D eigenvalue weighted by Gasteiger charge is -2.04. The van der Waals surface area contributed by atoms with Gasteiger partial charge in [0.1, 0.15) is 5.57 Å². The van der Waals surface area contributed by atoms with E-state index in [4.69, 9.17) is 0 Å². The molecule has 0 aliphatic carbocycles. The summed E-state index contributed by atoms with van der Waals surface area (Å²) < 4.78 is 4.54. The average Bonchev–Trinajstić information content (AvgIpc) is 2.17. The summed E-state index contributed by atoms with van der Waals surface area (Å²) >= 11 is 0. The second-order valence-corrected chi connectivity index (χ2v) is 2.39. The predicted octanol–water partition coefficient (Wildman–Crippen LogP) is 0.990. The van der Waals surface area contributed by atoms with Gasteiger partial charge in [0.2, 0.25) is 0 Å².